The van der Waals surface area contributed by atoms with Gasteiger partial charge >= 0.3 is 0 Å². The van der Waals surface area contributed by atoms with Gasteiger partial charge in [0.25, 0.3) is 0 Å². The van der Waals surface area contributed by atoms with E-state index in [2.05, 4.69) is 10.2 Å². The monoisotopic (exact) mass is 236 g/mol. The van der Waals surface area contributed by atoms with Crippen LogP contribution in [0.3, 0.4) is 0 Å². The lowest BCUT2D eigenvalue weighted by atomic mass is 9.77. The summed E-state index contributed by atoms with van der Waals surface area (Å²) < 4.78 is 0. The van der Waals surface area contributed by atoms with E-state index in [-0.39, 0.29) is 0 Å². The van der Waals surface area contributed by atoms with Gasteiger partial charge in [0.2, 0.25) is 0 Å². The summed E-state index contributed by atoms with van der Waals surface area (Å²) in [5, 5.41) is 3.55. The van der Waals surface area contributed by atoms with Crippen molar-refractivity contribution in [3.63, 3.8) is 0 Å². The lowest BCUT2D eigenvalue weighted by Crippen LogP contribution is -2.44. The molecule has 2 heterocycles. The highest BCUT2D eigenvalue weighted by molar-refractivity contribution is 4.90. The van der Waals surface area contributed by atoms with Gasteiger partial charge in [-0.05, 0) is 76.0 Å². The van der Waals surface area contributed by atoms with Gasteiger partial charge in [-0.2, -0.15) is 0 Å². The molecule has 0 radical (unpaired) electrons. The molecule has 2 nitrogen and oxygen atoms in total. The quantitative estimate of drug-likeness (QED) is 0.793. The topological polar surface area (TPSA) is 15.3 Å². The van der Waals surface area contributed by atoms with Gasteiger partial charge in [0.15, 0.2) is 0 Å². The first-order valence-electron chi connectivity index (χ1n) is 7.79. The summed E-state index contributed by atoms with van der Waals surface area (Å²) in [7, 11) is 0. The second-order valence-corrected chi connectivity index (χ2v) is 6.72. The predicted molar refractivity (Wildman–Crippen MR) is 72.2 cm³/mol. The van der Waals surface area contributed by atoms with Crippen molar-refractivity contribution in [3.05, 3.63) is 0 Å². The first kappa shape index (κ1) is 12.0. The minimum atomic E-state index is 0.793. The van der Waals surface area contributed by atoms with Crippen LogP contribution in [-0.2, 0) is 0 Å². The van der Waals surface area contributed by atoms with Crippen LogP contribution >= 0.6 is 0 Å². The second kappa shape index (κ2) is 5.27. The zero-order valence-corrected chi connectivity index (χ0v) is 11.2. The zero-order chi connectivity index (χ0) is 11.6. The molecule has 98 valence electrons. The van der Waals surface area contributed by atoms with Gasteiger partial charge in [0.1, 0.15) is 0 Å². The molecule has 2 saturated heterocycles. The van der Waals surface area contributed by atoms with Crippen molar-refractivity contribution in [2.75, 3.05) is 32.7 Å². The molecule has 3 aliphatic rings. The number of piperidine rings is 2. The minimum absolute atomic E-state index is 0.793. The van der Waals surface area contributed by atoms with Crippen LogP contribution in [0.1, 0.15) is 51.4 Å². The molecule has 3 fully saturated rings. The van der Waals surface area contributed by atoms with Crippen LogP contribution in [-0.4, -0.2) is 37.6 Å². The SMILES string of the molecule is C1CNCC(CN2CCC3(CCCC3)CC2)C1. The van der Waals surface area contributed by atoms with Gasteiger partial charge in [-0.25, -0.2) is 0 Å². The fraction of sp³-hybridized carbons (Fsp3) is 1.00. The Kier molecular flexibility index (Phi) is 3.72. The summed E-state index contributed by atoms with van der Waals surface area (Å²) >= 11 is 0. The number of hydrogen-bond donors (Lipinski definition) is 1. The third-order valence-corrected chi connectivity index (χ3v) is 5.50. The van der Waals surface area contributed by atoms with E-state index >= 15 is 0 Å². The third-order valence-electron chi connectivity index (χ3n) is 5.50. The van der Waals surface area contributed by atoms with Crippen molar-refractivity contribution < 1.29 is 0 Å². The molecule has 1 aliphatic carbocycles. The molecule has 1 spiro atoms. The summed E-state index contributed by atoms with van der Waals surface area (Å²) in [6.45, 7) is 6.65. The van der Waals surface area contributed by atoms with E-state index in [1.165, 1.54) is 84.1 Å². The van der Waals surface area contributed by atoms with E-state index in [1.807, 2.05) is 0 Å². The molecule has 1 unspecified atom stereocenters. The van der Waals surface area contributed by atoms with E-state index in [9.17, 15) is 0 Å². The average molecular weight is 236 g/mol. The van der Waals surface area contributed by atoms with Crippen LogP contribution < -0.4 is 5.32 Å². The number of nitrogens with one attached hydrogen (secondary N) is 1. The maximum Gasteiger partial charge on any atom is 0.00218 e. The molecular formula is C15H28N2. The van der Waals surface area contributed by atoms with Gasteiger partial charge in [0, 0.05) is 6.54 Å². The molecule has 17 heavy (non-hydrogen) atoms. The number of nitrogens with zero attached hydrogens (tertiary/aromatic N) is 1. The van der Waals surface area contributed by atoms with Gasteiger partial charge in [0.05, 0.1) is 0 Å². The summed E-state index contributed by atoms with van der Waals surface area (Å²) in [4.78, 5) is 2.75. The molecule has 2 aliphatic heterocycles. The molecule has 1 N–H and O–H groups in total. The number of likely N-dealkylation sites (tertiary alicyclic amines) is 1. The standard InChI is InChI=1S/C15H28N2/c1-2-6-15(5-1)7-10-17(11-8-15)13-14-4-3-9-16-12-14/h14,16H,1-13H2. The fourth-order valence-corrected chi connectivity index (χ4v) is 4.28. The highest BCUT2D eigenvalue weighted by Crippen LogP contribution is 2.46. The largest absolute Gasteiger partial charge is 0.316 e. The predicted octanol–water partition coefficient (Wildman–Crippen LogP) is 2.64. The maximum atomic E-state index is 3.55. The van der Waals surface area contributed by atoms with E-state index < -0.39 is 0 Å². The van der Waals surface area contributed by atoms with E-state index in [0.29, 0.717) is 0 Å². The first-order valence-corrected chi connectivity index (χ1v) is 7.79. The molecule has 0 aromatic heterocycles. The second-order valence-electron chi connectivity index (χ2n) is 6.72. The average Bonchev–Trinajstić information content (AvgIpc) is 2.83. The molecule has 0 bridgehead atoms. The number of hydrogen-bond acceptors (Lipinski definition) is 2. The van der Waals surface area contributed by atoms with Crippen molar-refractivity contribution in [2.24, 2.45) is 11.3 Å². The molecule has 3 rings (SSSR count). The van der Waals surface area contributed by atoms with E-state index in [1.54, 1.807) is 0 Å². The van der Waals surface area contributed by atoms with Crippen molar-refractivity contribution in [1.29, 1.82) is 0 Å². The normalized spacial score (nSPS) is 34.2. The Morgan fingerprint density at radius 1 is 1.00 bits per heavy atom. The molecule has 1 saturated carbocycles. The van der Waals surface area contributed by atoms with E-state index in [4.69, 9.17) is 0 Å². The van der Waals surface area contributed by atoms with Gasteiger partial charge in [-0.1, -0.05) is 12.8 Å². The third kappa shape index (κ3) is 2.85. The molecule has 0 aromatic carbocycles. The first-order chi connectivity index (χ1) is 8.36. The maximum absolute atomic E-state index is 3.55. The fourth-order valence-electron chi connectivity index (χ4n) is 4.28. The lowest BCUT2D eigenvalue weighted by molar-refractivity contribution is 0.0916. The zero-order valence-electron chi connectivity index (χ0n) is 11.2. The summed E-state index contributed by atoms with van der Waals surface area (Å²) in [6.07, 6.45) is 11.9. The Labute approximate surface area is 106 Å². The van der Waals surface area contributed by atoms with Crippen LogP contribution in [0.5, 0.6) is 0 Å². The Morgan fingerprint density at radius 2 is 1.76 bits per heavy atom. The minimum Gasteiger partial charge on any atom is -0.316 e. The molecule has 0 amide bonds. The van der Waals surface area contributed by atoms with Crippen LogP contribution in [0.15, 0.2) is 0 Å². The number of rotatable bonds is 2. The van der Waals surface area contributed by atoms with Crippen molar-refractivity contribution in [1.82, 2.24) is 10.2 Å². The Bertz CT molecular complexity index is 229. The van der Waals surface area contributed by atoms with Crippen molar-refractivity contribution >= 4 is 0 Å². The highest BCUT2D eigenvalue weighted by atomic mass is 15.1. The van der Waals surface area contributed by atoms with Crippen LogP contribution in [0.4, 0.5) is 0 Å². The van der Waals surface area contributed by atoms with Crippen LogP contribution in [0.2, 0.25) is 0 Å². The van der Waals surface area contributed by atoms with Crippen LogP contribution in [0.25, 0.3) is 0 Å². The molecule has 0 aromatic rings. The summed E-state index contributed by atoms with van der Waals surface area (Å²) in [6, 6.07) is 0. The Balaban J connectivity index is 1.44. The van der Waals surface area contributed by atoms with E-state index in [0.717, 1.165) is 11.3 Å². The summed E-state index contributed by atoms with van der Waals surface area (Å²) in [5.41, 5.74) is 0.793. The van der Waals surface area contributed by atoms with Gasteiger partial charge in [-0.3, -0.25) is 0 Å². The van der Waals surface area contributed by atoms with Crippen molar-refractivity contribution in [3.8, 4) is 0 Å². The Hall–Kier alpha value is -0.0800. The van der Waals surface area contributed by atoms with Gasteiger partial charge < -0.3 is 10.2 Å². The van der Waals surface area contributed by atoms with Crippen molar-refractivity contribution in [2.45, 2.75) is 51.4 Å². The smallest absolute Gasteiger partial charge is 0.00218 e. The van der Waals surface area contributed by atoms with Gasteiger partial charge in [-0.15, -0.1) is 0 Å². The Morgan fingerprint density at radius 3 is 2.41 bits per heavy atom. The molecular weight excluding hydrogens is 208 g/mol. The highest BCUT2D eigenvalue weighted by Gasteiger charge is 2.37. The van der Waals surface area contributed by atoms with Crippen LogP contribution in [0, 0.1) is 11.3 Å². The molecule has 2 heteroatoms. The lowest BCUT2D eigenvalue weighted by Gasteiger charge is -2.41. The summed E-state index contributed by atoms with van der Waals surface area (Å²) in [5.74, 6) is 0.932. The molecule has 1 atom stereocenters.